The molecule has 0 aliphatic heterocycles. The lowest BCUT2D eigenvalue weighted by Gasteiger charge is -2.14. The maximum absolute atomic E-state index is 12.2. The zero-order valence-corrected chi connectivity index (χ0v) is 16.8. The average molecular weight is 408 g/mol. The van der Waals surface area contributed by atoms with E-state index in [-0.39, 0.29) is 5.92 Å². The number of benzene rings is 2. The van der Waals surface area contributed by atoms with E-state index < -0.39 is 6.09 Å². The van der Waals surface area contributed by atoms with Crippen molar-refractivity contribution >= 4 is 11.9 Å². The fraction of sp³-hybridized carbons (Fsp3) is 0.160. The lowest BCUT2D eigenvalue weighted by molar-refractivity contribution is 0.143. The Hall–Kier alpha value is -4.11. The SMILES string of the molecule is O=C(NCCC#Cc1cnc2ncccn12)OCC1c2ccccc2-c2ccccc21. The van der Waals surface area contributed by atoms with Gasteiger partial charge in [-0.2, -0.15) is 0 Å². The summed E-state index contributed by atoms with van der Waals surface area (Å²) in [6, 6.07) is 18.4. The van der Waals surface area contributed by atoms with Gasteiger partial charge in [-0.3, -0.25) is 4.40 Å². The van der Waals surface area contributed by atoms with E-state index in [0.717, 1.165) is 5.69 Å². The van der Waals surface area contributed by atoms with Crippen LogP contribution in [-0.2, 0) is 4.74 Å². The van der Waals surface area contributed by atoms with Crippen LogP contribution in [0.2, 0.25) is 0 Å². The van der Waals surface area contributed by atoms with Gasteiger partial charge in [0, 0.05) is 31.3 Å². The molecule has 1 aliphatic rings. The second-order valence-electron chi connectivity index (χ2n) is 7.24. The highest BCUT2D eigenvalue weighted by Gasteiger charge is 2.28. The first-order valence-corrected chi connectivity index (χ1v) is 10.2. The molecule has 2 heterocycles. The Morgan fingerprint density at radius 1 is 1.03 bits per heavy atom. The molecule has 0 radical (unpaired) electrons. The van der Waals surface area contributed by atoms with Crippen molar-refractivity contribution in [3.63, 3.8) is 0 Å². The van der Waals surface area contributed by atoms with Crippen LogP contribution in [-0.4, -0.2) is 33.6 Å². The molecule has 0 saturated carbocycles. The molecule has 152 valence electrons. The molecule has 4 aromatic rings. The summed E-state index contributed by atoms with van der Waals surface area (Å²) < 4.78 is 7.35. The van der Waals surface area contributed by atoms with Gasteiger partial charge in [-0.05, 0) is 34.2 Å². The standard InChI is InChI=1S/C25H20N4O2/c30-25(27-13-6-5-8-18-16-28-24-26-14-7-15-29(18)24)31-17-23-21-11-3-1-9-19(21)20-10-2-4-12-22(20)23/h1-4,7,9-12,14-16,23H,6,13,17H2,(H,27,30). The van der Waals surface area contributed by atoms with E-state index in [1.54, 1.807) is 12.4 Å². The maximum Gasteiger partial charge on any atom is 0.407 e. The summed E-state index contributed by atoms with van der Waals surface area (Å²) in [7, 11) is 0. The van der Waals surface area contributed by atoms with Crippen molar-refractivity contribution in [3.8, 4) is 23.0 Å². The number of hydrogen-bond acceptors (Lipinski definition) is 4. The predicted molar refractivity (Wildman–Crippen MR) is 118 cm³/mol. The minimum atomic E-state index is -0.428. The van der Waals surface area contributed by atoms with Crippen molar-refractivity contribution in [1.29, 1.82) is 0 Å². The van der Waals surface area contributed by atoms with Crippen LogP contribution in [0.4, 0.5) is 4.79 Å². The number of ether oxygens (including phenoxy) is 1. The lowest BCUT2D eigenvalue weighted by atomic mass is 9.98. The Bertz CT molecular complexity index is 1270. The summed E-state index contributed by atoms with van der Waals surface area (Å²) in [6.07, 6.45) is 5.33. The van der Waals surface area contributed by atoms with Gasteiger partial charge in [0.25, 0.3) is 0 Å². The Morgan fingerprint density at radius 2 is 1.77 bits per heavy atom. The number of imidazole rings is 1. The Kier molecular flexibility index (Phi) is 5.07. The number of aromatic nitrogens is 3. The number of fused-ring (bicyclic) bond motifs is 4. The van der Waals surface area contributed by atoms with Gasteiger partial charge in [0.2, 0.25) is 5.78 Å². The quantitative estimate of drug-likeness (QED) is 0.409. The number of alkyl carbamates (subject to hydrolysis) is 1. The maximum atomic E-state index is 12.2. The van der Waals surface area contributed by atoms with Crippen LogP contribution in [0.25, 0.3) is 16.9 Å². The van der Waals surface area contributed by atoms with Crippen molar-refractivity contribution in [2.75, 3.05) is 13.2 Å². The molecule has 0 unspecified atom stereocenters. The Morgan fingerprint density at radius 3 is 2.55 bits per heavy atom. The van der Waals surface area contributed by atoms with Crippen LogP contribution in [0.3, 0.4) is 0 Å². The molecule has 5 rings (SSSR count). The first kappa shape index (κ1) is 18.9. The summed E-state index contributed by atoms with van der Waals surface area (Å²) in [4.78, 5) is 20.5. The first-order valence-electron chi connectivity index (χ1n) is 10.2. The molecule has 0 atom stereocenters. The summed E-state index contributed by atoms with van der Waals surface area (Å²) in [6.45, 7) is 0.721. The summed E-state index contributed by atoms with van der Waals surface area (Å²) in [5.41, 5.74) is 5.59. The topological polar surface area (TPSA) is 68.5 Å². The fourth-order valence-corrected chi connectivity index (χ4v) is 3.95. The van der Waals surface area contributed by atoms with E-state index in [4.69, 9.17) is 4.74 Å². The average Bonchev–Trinajstić information content (AvgIpc) is 3.37. The fourth-order valence-electron chi connectivity index (χ4n) is 3.95. The van der Waals surface area contributed by atoms with Crippen molar-refractivity contribution < 1.29 is 9.53 Å². The van der Waals surface area contributed by atoms with Crippen LogP contribution < -0.4 is 5.32 Å². The van der Waals surface area contributed by atoms with E-state index in [0.29, 0.717) is 25.4 Å². The molecular formula is C25H20N4O2. The number of rotatable bonds is 4. The normalized spacial score (nSPS) is 12.0. The number of carbonyl (C=O) groups is 1. The number of amides is 1. The minimum Gasteiger partial charge on any atom is -0.449 e. The highest BCUT2D eigenvalue weighted by Crippen LogP contribution is 2.44. The number of nitrogens with zero attached hydrogens (tertiary/aromatic N) is 3. The van der Waals surface area contributed by atoms with Crippen molar-refractivity contribution in [3.05, 3.63) is 90.0 Å². The van der Waals surface area contributed by atoms with Crippen LogP contribution in [0.1, 0.15) is 29.2 Å². The van der Waals surface area contributed by atoms with Gasteiger partial charge in [-0.25, -0.2) is 14.8 Å². The van der Waals surface area contributed by atoms with Gasteiger partial charge in [0.1, 0.15) is 12.3 Å². The van der Waals surface area contributed by atoms with Crippen molar-refractivity contribution in [1.82, 2.24) is 19.7 Å². The zero-order chi connectivity index (χ0) is 21.0. The largest absolute Gasteiger partial charge is 0.449 e. The first-order chi connectivity index (χ1) is 15.3. The van der Waals surface area contributed by atoms with Crippen LogP contribution >= 0.6 is 0 Å². The van der Waals surface area contributed by atoms with Crippen molar-refractivity contribution in [2.45, 2.75) is 12.3 Å². The molecule has 1 N–H and O–H groups in total. The van der Waals surface area contributed by atoms with Gasteiger partial charge < -0.3 is 10.1 Å². The smallest absolute Gasteiger partial charge is 0.407 e. The highest BCUT2D eigenvalue weighted by molar-refractivity contribution is 5.79. The molecule has 0 bridgehead atoms. The molecule has 0 saturated heterocycles. The lowest BCUT2D eigenvalue weighted by Crippen LogP contribution is -2.26. The Labute approximate surface area is 179 Å². The molecule has 1 amide bonds. The van der Waals surface area contributed by atoms with Crippen LogP contribution in [0.15, 0.2) is 73.2 Å². The van der Waals surface area contributed by atoms with E-state index in [1.165, 1.54) is 22.3 Å². The van der Waals surface area contributed by atoms with Gasteiger partial charge in [-0.15, -0.1) is 0 Å². The number of carbonyl (C=O) groups excluding carboxylic acids is 1. The molecule has 0 fully saturated rings. The van der Waals surface area contributed by atoms with E-state index in [2.05, 4.69) is 51.4 Å². The van der Waals surface area contributed by atoms with Gasteiger partial charge >= 0.3 is 6.09 Å². The van der Waals surface area contributed by atoms with E-state index in [1.807, 2.05) is 40.9 Å². The zero-order valence-electron chi connectivity index (χ0n) is 16.8. The summed E-state index contributed by atoms with van der Waals surface area (Å²) in [5.74, 6) is 6.78. The third kappa shape index (κ3) is 3.74. The molecule has 6 nitrogen and oxygen atoms in total. The minimum absolute atomic E-state index is 0.0571. The van der Waals surface area contributed by atoms with E-state index in [9.17, 15) is 4.79 Å². The third-order valence-corrected chi connectivity index (χ3v) is 5.37. The monoisotopic (exact) mass is 408 g/mol. The highest BCUT2D eigenvalue weighted by atomic mass is 16.5. The molecular weight excluding hydrogens is 388 g/mol. The molecule has 6 heteroatoms. The number of hydrogen-bond donors (Lipinski definition) is 1. The van der Waals surface area contributed by atoms with Crippen molar-refractivity contribution in [2.24, 2.45) is 0 Å². The summed E-state index contributed by atoms with van der Waals surface area (Å²) in [5, 5.41) is 2.77. The third-order valence-electron chi connectivity index (χ3n) is 5.37. The molecule has 31 heavy (non-hydrogen) atoms. The van der Waals surface area contributed by atoms with E-state index >= 15 is 0 Å². The Balaban J connectivity index is 1.15. The predicted octanol–water partition coefficient (Wildman–Crippen LogP) is 4.01. The summed E-state index contributed by atoms with van der Waals surface area (Å²) >= 11 is 0. The van der Waals surface area contributed by atoms with Gasteiger partial charge in [-0.1, -0.05) is 54.5 Å². The molecule has 2 aromatic heterocycles. The van der Waals surface area contributed by atoms with Crippen LogP contribution in [0, 0.1) is 11.8 Å². The second kappa shape index (κ2) is 8.33. The van der Waals surface area contributed by atoms with Gasteiger partial charge in [0.15, 0.2) is 0 Å². The molecule has 1 aliphatic carbocycles. The second-order valence-corrected chi connectivity index (χ2v) is 7.24. The number of nitrogens with one attached hydrogen (secondary N) is 1. The van der Waals surface area contributed by atoms with Gasteiger partial charge in [0.05, 0.1) is 6.20 Å². The molecule has 0 spiro atoms. The van der Waals surface area contributed by atoms with Crippen LogP contribution in [0.5, 0.6) is 0 Å². The molecule has 2 aromatic carbocycles.